The molecule has 0 saturated heterocycles. The number of para-hydroxylation sites is 1. The van der Waals surface area contributed by atoms with Crippen molar-refractivity contribution < 1.29 is 24.1 Å². The first-order valence-corrected chi connectivity index (χ1v) is 12.8. The number of carboxylic acids is 1. The third kappa shape index (κ3) is 6.92. The highest BCUT2D eigenvalue weighted by atomic mass is 16.5. The molecule has 0 unspecified atom stereocenters. The summed E-state index contributed by atoms with van der Waals surface area (Å²) in [4.78, 5) is 14.1. The van der Waals surface area contributed by atoms with Crippen molar-refractivity contribution in [2.45, 2.75) is 32.7 Å². The second-order valence-corrected chi connectivity index (χ2v) is 9.07. The van der Waals surface area contributed by atoms with E-state index in [1.54, 1.807) is 13.2 Å². The predicted octanol–water partition coefficient (Wildman–Crippen LogP) is 6.44. The Balaban J connectivity index is 1.53. The van der Waals surface area contributed by atoms with Gasteiger partial charge < -0.3 is 24.2 Å². The van der Waals surface area contributed by atoms with Gasteiger partial charge in [0, 0.05) is 36.5 Å². The molecule has 6 nitrogen and oxygen atoms in total. The zero-order chi connectivity index (χ0) is 26.0. The van der Waals surface area contributed by atoms with Gasteiger partial charge in [0.2, 0.25) is 0 Å². The molecule has 1 aliphatic heterocycles. The topological polar surface area (TPSA) is 68.2 Å². The molecule has 4 rings (SSSR count). The molecule has 6 heteroatoms. The Labute approximate surface area is 219 Å². The van der Waals surface area contributed by atoms with E-state index in [2.05, 4.69) is 30.0 Å². The smallest absolute Gasteiger partial charge is 0.331 e. The largest absolute Gasteiger partial charge is 0.496 e. The lowest BCUT2D eigenvalue weighted by Gasteiger charge is -2.26. The molecule has 3 aromatic rings. The number of nitrogens with zero attached hydrogens (tertiary/aromatic N) is 1. The summed E-state index contributed by atoms with van der Waals surface area (Å²) in [5.41, 5.74) is 5.44. The number of rotatable bonds is 12. The Morgan fingerprint density at radius 3 is 2.51 bits per heavy atom. The van der Waals surface area contributed by atoms with Crippen LogP contribution >= 0.6 is 0 Å². The molecule has 0 aromatic heterocycles. The van der Waals surface area contributed by atoms with Crippen LogP contribution in [0.5, 0.6) is 11.5 Å². The van der Waals surface area contributed by atoms with Crippen molar-refractivity contribution in [1.82, 2.24) is 0 Å². The Kier molecular flexibility index (Phi) is 9.22. The zero-order valence-corrected chi connectivity index (χ0v) is 21.6. The maximum absolute atomic E-state index is 11.9. The molecule has 3 aromatic carbocycles. The van der Waals surface area contributed by atoms with E-state index in [1.807, 2.05) is 48.5 Å². The van der Waals surface area contributed by atoms with Crippen molar-refractivity contribution >= 4 is 17.7 Å². The molecule has 0 fully saturated rings. The third-order valence-electron chi connectivity index (χ3n) is 6.50. The van der Waals surface area contributed by atoms with Gasteiger partial charge in [-0.25, -0.2) is 4.79 Å². The number of methoxy groups -OCH3 is 1. The van der Waals surface area contributed by atoms with Gasteiger partial charge in [0.05, 0.1) is 13.7 Å². The van der Waals surface area contributed by atoms with E-state index in [1.165, 1.54) is 0 Å². The number of carbonyl (C=O) groups is 1. The molecule has 37 heavy (non-hydrogen) atoms. The van der Waals surface area contributed by atoms with Gasteiger partial charge in [-0.2, -0.15) is 0 Å². The molecule has 1 aliphatic rings. The van der Waals surface area contributed by atoms with Crippen LogP contribution in [0.4, 0.5) is 5.69 Å². The van der Waals surface area contributed by atoms with Gasteiger partial charge in [0.1, 0.15) is 18.1 Å². The quantitative estimate of drug-likeness (QED) is 0.288. The van der Waals surface area contributed by atoms with E-state index in [4.69, 9.17) is 14.2 Å². The highest BCUT2D eigenvalue weighted by Gasteiger charge is 2.21. The van der Waals surface area contributed by atoms with Crippen LogP contribution in [0.1, 0.15) is 37.3 Å². The van der Waals surface area contributed by atoms with Crippen LogP contribution in [0, 0.1) is 0 Å². The second kappa shape index (κ2) is 13.0. The minimum Gasteiger partial charge on any atom is -0.496 e. The predicted molar refractivity (Wildman–Crippen MR) is 147 cm³/mol. The first-order chi connectivity index (χ1) is 18.1. The number of carboxylic acid groups (broad SMARTS) is 1. The van der Waals surface area contributed by atoms with Crippen LogP contribution in [0.15, 0.2) is 72.3 Å². The lowest BCUT2D eigenvalue weighted by atomic mass is 10.00. The van der Waals surface area contributed by atoms with Crippen molar-refractivity contribution in [3.05, 3.63) is 83.4 Å². The van der Waals surface area contributed by atoms with Gasteiger partial charge in [-0.15, -0.1) is 0 Å². The molecule has 0 radical (unpaired) electrons. The average molecular weight is 502 g/mol. The Morgan fingerprint density at radius 1 is 0.973 bits per heavy atom. The minimum atomic E-state index is -0.879. The lowest BCUT2D eigenvalue weighted by Crippen LogP contribution is -2.24. The summed E-state index contributed by atoms with van der Waals surface area (Å²) in [7, 11) is 1.67. The molecule has 0 bridgehead atoms. The highest BCUT2D eigenvalue weighted by molar-refractivity contribution is 5.94. The Hall–Kier alpha value is -3.77. The van der Waals surface area contributed by atoms with E-state index in [9.17, 15) is 9.90 Å². The van der Waals surface area contributed by atoms with Crippen LogP contribution in [-0.4, -0.2) is 44.6 Å². The number of ether oxygens (including phenoxy) is 3. The summed E-state index contributed by atoms with van der Waals surface area (Å²) >= 11 is 0. The molecule has 0 atom stereocenters. The number of aliphatic carboxylic acids is 1. The van der Waals surface area contributed by atoms with Crippen LogP contribution < -0.4 is 14.4 Å². The van der Waals surface area contributed by atoms with E-state index < -0.39 is 5.97 Å². The van der Waals surface area contributed by atoms with Crippen LogP contribution in [0.2, 0.25) is 0 Å². The molecule has 194 valence electrons. The summed E-state index contributed by atoms with van der Waals surface area (Å²) in [5, 5.41) is 9.77. The fraction of sp³-hybridized carbons (Fsp3) is 0.323. The van der Waals surface area contributed by atoms with Gasteiger partial charge in [-0.1, -0.05) is 49.7 Å². The SMILES string of the molecule is CCCCOCCOc1ccc(-c2ccc3c(c2)C=C(C(=O)O)CCN3Cc2ccccc2OC)cc1. The first-order valence-electron chi connectivity index (χ1n) is 12.8. The van der Waals surface area contributed by atoms with Crippen molar-refractivity contribution in [3.8, 4) is 22.6 Å². The van der Waals surface area contributed by atoms with Crippen LogP contribution in [-0.2, 0) is 16.1 Å². The number of benzene rings is 3. The van der Waals surface area contributed by atoms with Crippen molar-refractivity contribution in [3.63, 3.8) is 0 Å². The fourth-order valence-corrected chi connectivity index (χ4v) is 4.46. The third-order valence-corrected chi connectivity index (χ3v) is 6.50. The van der Waals surface area contributed by atoms with Crippen molar-refractivity contribution in [1.29, 1.82) is 0 Å². The highest BCUT2D eigenvalue weighted by Crippen LogP contribution is 2.34. The first kappa shape index (κ1) is 26.3. The maximum atomic E-state index is 11.9. The Morgan fingerprint density at radius 2 is 1.76 bits per heavy atom. The summed E-state index contributed by atoms with van der Waals surface area (Å²) in [5.74, 6) is 0.746. The van der Waals surface area contributed by atoms with E-state index in [-0.39, 0.29) is 0 Å². The van der Waals surface area contributed by atoms with Gasteiger partial charge in [0.15, 0.2) is 0 Å². The van der Waals surface area contributed by atoms with Gasteiger partial charge in [-0.05, 0) is 65.9 Å². The molecule has 1 N–H and O–H groups in total. The minimum absolute atomic E-state index is 0.408. The summed E-state index contributed by atoms with van der Waals surface area (Å²) in [6.45, 7) is 5.25. The molecule has 0 saturated carbocycles. The molecular weight excluding hydrogens is 466 g/mol. The zero-order valence-electron chi connectivity index (χ0n) is 21.6. The van der Waals surface area contributed by atoms with Gasteiger partial charge in [0.25, 0.3) is 0 Å². The molecule has 0 aliphatic carbocycles. The normalized spacial score (nSPS) is 12.9. The molecule has 0 amide bonds. The Bertz CT molecular complexity index is 1220. The number of unbranched alkanes of at least 4 members (excludes halogenated alkanes) is 1. The molecular formula is C31H35NO5. The number of hydrogen-bond acceptors (Lipinski definition) is 5. The van der Waals surface area contributed by atoms with Crippen molar-refractivity contribution in [2.24, 2.45) is 0 Å². The molecule has 0 spiro atoms. The summed E-state index contributed by atoms with van der Waals surface area (Å²) in [6, 6.07) is 22.1. The molecule has 1 heterocycles. The standard InChI is InChI=1S/C31H35NO5/c1-3-4-17-36-18-19-37-28-12-9-23(10-13-28)24-11-14-29-27(20-24)21-25(31(33)34)15-16-32(29)22-26-7-5-6-8-30(26)35-2/h5-14,20-21H,3-4,15-19,22H2,1-2H3,(H,33,34). The van der Waals surface area contributed by atoms with E-state index >= 15 is 0 Å². The van der Waals surface area contributed by atoms with E-state index in [0.29, 0.717) is 38.3 Å². The van der Waals surface area contributed by atoms with Gasteiger partial charge >= 0.3 is 5.97 Å². The maximum Gasteiger partial charge on any atom is 0.331 e. The fourth-order valence-electron chi connectivity index (χ4n) is 4.46. The lowest BCUT2D eigenvalue weighted by molar-refractivity contribution is -0.132. The monoisotopic (exact) mass is 501 g/mol. The number of anilines is 1. The summed E-state index contributed by atoms with van der Waals surface area (Å²) < 4.78 is 16.9. The summed E-state index contributed by atoms with van der Waals surface area (Å²) in [6.07, 6.45) is 4.46. The average Bonchev–Trinajstić information content (AvgIpc) is 3.10. The van der Waals surface area contributed by atoms with Crippen LogP contribution in [0.25, 0.3) is 17.2 Å². The second-order valence-electron chi connectivity index (χ2n) is 9.07. The number of fused-ring (bicyclic) bond motifs is 1. The van der Waals surface area contributed by atoms with E-state index in [0.717, 1.165) is 58.9 Å². The number of hydrogen-bond donors (Lipinski definition) is 1. The van der Waals surface area contributed by atoms with Gasteiger partial charge in [-0.3, -0.25) is 0 Å². The van der Waals surface area contributed by atoms with Crippen molar-refractivity contribution in [2.75, 3.05) is 38.4 Å². The van der Waals surface area contributed by atoms with Crippen LogP contribution in [0.3, 0.4) is 0 Å².